The highest BCUT2D eigenvalue weighted by molar-refractivity contribution is 9.10. The summed E-state index contributed by atoms with van der Waals surface area (Å²) < 4.78 is 26.2. The van der Waals surface area contributed by atoms with Crippen LogP contribution in [0.2, 0.25) is 0 Å². The van der Waals surface area contributed by atoms with Gasteiger partial charge in [-0.1, -0.05) is 6.92 Å². The van der Waals surface area contributed by atoms with Crippen LogP contribution in [0.4, 0.5) is 5.69 Å². The van der Waals surface area contributed by atoms with Crippen LogP contribution in [-0.4, -0.2) is 50.5 Å². The number of hydrogen-bond donors (Lipinski definition) is 0. The maximum Gasteiger partial charge on any atom is 0.223 e. The van der Waals surface area contributed by atoms with Gasteiger partial charge in [0.2, 0.25) is 11.8 Å². The fraction of sp³-hybridized carbons (Fsp3) is 0.579. The van der Waals surface area contributed by atoms with E-state index in [1.807, 2.05) is 0 Å². The van der Waals surface area contributed by atoms with Crippen LogP contribution in [0.3, 0.4) is 0 Å². The molecular formula is C19H25BrN2O4S. The number of hydrogen-bond acceptors (Lipinski definition) is 4. The molecule has 0 spiro atoms. The van der Waals surface area contributed by atoms with Gasteiger partial charge in [-0.05, 0) is 58.8 Å². The van der Waals surface area contributed by atoms with Crippen molar-refractivity contribution in [2.24, 2.45) is 5.92 Å². The molecule has 1 fully saturated rings. The SMILES string of the molecule is CC(=O)N1CCc2cc(Br)c(S(=O)(=O)CCC(=O)N3CCCC(C)C3)cc21. The number of benzene rings is 1. The predicted molar refractivity (Wildman–Crippen MR) is 108 cm³/mol. The molecule has 2 heterocycles. The quantitative estimate of drug-likeness (QED) is 0.697. The third-order valence-corrected chi connectivity index (χ3v) is 8.01. The number of halogens is 1. The van der Waals surface area contributed by atoms with E-state index in [4.69, 9.17) is 0 Å². The van der Waals surface area contributed by atoms with E-state index >= 15 is 0 Å². The average molecular weight is 457 g/mol. The zero-order valence-electron chi connectivity index (χ0n) is 15.7. The second-order valence-electron chi connectivity index (χ2n) is 7.49. The van der Waals surface area contributed by atoms with E-state index < -0.39 is 9.84 Å². The van der Waals surface area contributed by atoms with Crippen LogP contribution in [0.25, 0.3) is 0 Å². The Morgan fingerprint density at radius 1 is 1.26 bits per heavy atom. The summed E-state index contributed by atoms with van der Waals surface area (Å²) in [6, 6.07) is 3.34. The maximum absolute atomic E-state index is 12.9. The number of anilines is 1. The van der Waals surface area contributed by atoms with Gasteiger partial charge in [0.15, 0.2) is 9.84 Å². The van der Waals surface area contributed by atoms with Crippen LogP contribution >= 0.6 is 15.9 Å². The third-order valence-electron chi connectivity index (χ3n) is 5.34. The van der Waals surface area contributed by atoms with Crippen molar-refractivity contribution in [3.8, 4) is 0 Å². The molecule has 6 nitrogen and oxygen atoms in total. The first-order valence-corrected chi connectivity index (χ1v) is 11.7. The van der Waals surface area contributed by atoms with Crippen LogP contribution in [0.15, 0.2) is 21.5 Å². The lowest BCUT2D eigenvalue weighted by Crippen LogP contribution is -2.39. The second kappa shape index (κ2) is 7.91. The van der Waals surface area contributed by atoms with E-state index in [1.165, 1.54) is 6.92 Å². The average Bonchev–Trinajstić information content (AvgIpc) is 3.02. The largest absolute Gasteiger partial charge is 0.342 e. The lowest BCUT2D eigenvalue weighted by atomic mass is 10.0. The summed E-state index contributed by atoms with van der Waals surface area (Å²) in [5.74, 6) is 0.0260. The molecule has 0 bridgehead atoms. The molecule has 1 aromatic rings. The molecular weight excluding hydrogens is 432 g/mol. The first-order chi connectivity index (χ1) is 12.7. The first kappa shape index (κ1) is 20.3. The highest BCUT2D eigenvalue weighted by atomic mass is 79.9. The van der Waals surface area contributed by atoms with Crippen LogP contribution in [-0.2, 0) is 25.8 Å². The highest BCUT2D eigenvalue weighted by Gasteiger charge is 2.29. The normalized spacial score (nSPS) is 19.9. The molecule has 0 aromatic heterocycles. The van der Waals surface area contributed by atoms with E-state index in [9.17, 15) is 18.0 Å². The van der Waals surface area contributed by atoms with Crippen molar-refractivity contribution in [1.82, 2.24) is 4.90 Å². The standard InChI is InChI=1S/C19H25BrN2O4S/c1-13-4-3-7-21(12-13)19(24)6-9-27(25,26)18-11-17-15(10-16(18)20)5-8-22(17)14(2)23/h10-11,13H,3-9,12H2,1-2H3. The lowest BCUT2D eigenvalue weighted by molar-refractivity contribution is -0.132. The van der Waals surface area contributed by atoms with Crippen LogP contribution in [0.1, 0.15) is 38.7 Å². The number of carbonyl (C=O) groups excluding carboxylic acids is 2. The minimum atomic E-state index is -3.64. The zero-order chi connectivity index (χ0) is 19.8. The van der Waals surface area contributed by atoms with Gasteiger partial charge in [0, 0.05) is 43.1 Å². The van der Waals surface area contributed by atoms with Crippen molar-refractivity contribution < 1.29 is 18.0 Å². The Balaban J connectivity index is 1.76. The van der Waals surface area contributed by atoms with Crippen LogP contribution in [0.5, 0.6) is 0 Å². The van der Waals surface area contributed by atoms with Gasteiger partial charge in [0.1, 0.15) is 0 Å². The Morgan fingerprint density at radius 3 is 2.67 bits per heavy atom. The van der Waals surface area contributed by atoms with E-state index in [-0.39, 0.29) is 28.9 Å². The Hall–Kier alpha value is -1.41. The van der Waals surface area contributed by atoms with Gasteiger partial charge in [0.05, 0.1) is 10.6 Å². The Labute approximate surface area is 168 Å². The van der Waals surface area contributed by atoms with Gasteiger partial charge in [-0.25, -0.2) is 8.42 Å². The molecule has 0 radical (unpaired) electrons. The molecule has 3 rings (SSSR count). The van der Waals surface area contributed by atoms with Gasteiger partial charge in [-0.15, -0.1) is 0 Å². The summed E-state index contributed by atoms with van der Waals surface area (Å²) >= 11 is 3.36. The number of likely N-dealkylation sites (tertiary alicyclic amines) is 1. The molecule has 2 aliphatic heterocycles. The lowest BCUT2D eigenvalue weighted by Gasteiger charge is -2.31. The third kappa shape index (κ3) is 4.37. The summed E-state index contributed by atoms with van der Waals surface area (Å²) in [5, 5.41) is 0. The van der Waals surface area contributed by atoms with Gasteiger partial charge in [-0.3, -0.25) is 9.59 Å². The van der Waals surface area contributed by atoms with E-state index in [0.717, 1.165) is 18.4 Å². The molecule has 2 aliphatic rings. The van der Waals surface area contributed by atoms with E-state index in [1.54, 1.807) is 21.9 Å². The molecule has 148 valence electrons. The van der Waals surface area contributed by atoms with Gasteiger partial charge in [-0.2, -0.15) is 0 Å². The van der Waals surface area contributed by atoms with Gasteiger partial charge >= 0.3 is 0 Å². The Kier molecular flexibility index (Phi) is 5.96. The summed E-state index contributed by atoms with van der Waals surface area (Å²) in [6.07, 6.45) is 2.77. The van der Waals surface area contributed by atoms with Gasteiger partial charge < -0.3 is 9.80 Å². The molecule has 0 saturated carbocycles. The number of nitrogens with zero attached hydrogens (tertiary/aromatic N) is 2. The van der Waals surface area contributed by atoms with Crippen LogP contribution < -0.4 is 4.90 Å². The summed E-state index contributed by atoms with van der Waals surface area (Å²) in [7, 11) is -3.64. The topological polar surface area (TPSA) is 74.8 Å². The van der Waals surface area contributed by atoms with Crippen molar-refractivity contribution in [1.29, 1.82) is 0 Å². The molecule has 1 aromatic carbocycles. The molecule has 1 unspecified atom stereocenters. The van der Waals surface area contributed by atoms with Gasteiger partial charge in [0.25, 0.3) is 0 Å². The molecule has 8 heteroatoms. The number of rotatable bonds is 4. The van der Waals surface area contributed by atoms with Crippen molar-refractivity contribution in [3.05, 3.63) is 22.2 Å². The zero-order valence-corrected chi connectivity index (χ0v) is 18.1. The summed E-state index contributed by atoms with van der Waals surface area (Å²) in [6.45, 7) is 5.56. The number of carbonyl (C=O) groups is 2. The number of fused-ring (bicyclic) bond motifs is 1. The van der Waals surface area contributed by atoms with Crippen molar-refractivity contribution in [2.75, 3.05) is 30.3 Å². The first-order valence-electron chi connectivity index (χ1n) is 9.30. The monoisotopic (exact) mass is 456 g/mol. The molecule has 0 N–H and O–H groups in total. The smallest absolute Gasteiger partial charge is 0.223 e. The fourth-order valence-corrected chi connectivity index (χ4v) is 6.30. The Bertz CT molecular complexity index is 869. The fourth-order valence-electron chi connectivity index (χ4n) is 3.86. The van der Waals surface area contributed by atoms with Crippen LogP contribution in [0, 0.1) is 5.92 Å². The summed E-state index contributed by atoms with van der Waals surface area (Å²) in [4.78, 5) is 27.7. The number of sulfone groups is 1. The maximum atomic E-state index is 12.9. The molecule has 27 heavy (non-hydrogen) atoms. The Morgan fingerprint density at radius 2 is 2.00 bits per heavy atom. The van der Waals surface area contributed by atoms with Crippen molar-refractivity contribution in [3.63, 3.8) is 0 Å². The molecule has 1 saturated heterocycles. The second-order valence-corrected chi connectivity index (χ2v) is 10.4. The van der Waals surface area contributed by atoms with E-state index in [2.05, 4.69) is 22.9 Å². The molecule has 0 aliphatic carbocycles. The van der Waals surface area contributed by atoms with E-state index in [0.29, 0.717) is 42.1 Å². The minimum absolute atomic E-state index is 0.0188. The minimum Gasteiger partial charge on any atom is -0.342 e. The molecule has 2 amide bonds. The number of piperidine rings is 1. The predicted octanol–water partition coefficient (Wildman–Crippen LogP) is 2.78. The van der Waals surface area contributed by atoms with Crippen molar-refractivity contribution in [2.45, 2.75) is 44.4 Å². The summed E-state index contributed by atoms with van der Waals surface area (Å²) in [5.41, 5.74) is 1.61. The highest BCUT2D eigenvalue weighted by Crippen LogP contribution is 2.36. The number of amides is 2. The van der Waals surface area contributed by atoms with Crippen molar-refractivity contribution >= 4 is 43.3 Å². The molecule has 1 atom stereocenters.